The molecule has 1 aliphatic carbocycles. The molecule has 0 aromatic heterocycles. The van der Waals surface area contributed by atoms with Crippen molar-refractivity contribution in [2.75, 3.05) is 37.6 Å². The van der Waals surface area contributed by atoms with Crippen LogP contribution in [0.1, 0.15) is 43.7 Å². The first-order chi connectivity index (χ1) is 10.3. The third kappa shape index (κ3) is 3.42. The third-order valence-electron chi connectivity index (χ3n) is 5.59. The van der Waals surface area contributed by atoms with Crippen LogP contribution < -0.4 is 4.90 Å². The van der Waals surface area contributed by atoms with Crippen LogP contribution in [0.3, 0.4) is 0 Å². The van der Waals surface area contributed by atoms with E-state index in [4.69, 9.17) is 0 Å². The first kappa shape index (κ1) is 14.9. The molecule has 0 atom stereocenters. The van der Waals surface area contributed by atoms with Crippen molar-refractivity contribution in [3.05, 3.63) is 29.3 Å². The monoisotopic (exact) mass is 286 g/mol. The van der Waals surface area contributed by atoms with Crippen LogP contribution in [0, 0.1) is 12.8 Å². The van der Waals surface area contributed by atoms with Crippen LogP contribution >= 0.6 is 0 Å². The molecule has 1 aromatic carbocycles. The van der Waals surface area contributed by atoms with E-state index in [0.29, 0.717) is 0 Å². The van der Waals surface area contributed by atoms with Gasteiger partial charge in [0.05, 0.1) is 0 Å². The van der Waals surface area contributed by atoms with E-state index in [1.54, 1.807) is 0 Å². The topological polar surface area (TPSA) is 6.48 Å². The number of hydrogen-bond acceptors (Lipinski definition) is 2. The third-order valence-corrected chi connectivity index (χ3v) is 5.59. The zero-order valence-corrected chi connectivity index (χ0v) is 13.8. The highest BCUT2D eigenvalue weighted by Gasteiger charge is 2.22. The van der Waals surface area contributed by atoms with Gasteiger partial charge in [-0.1, -0.05) is 38.3 Å². The average Bonchev–Trinajstić information content (AvgIpc) is 2.47. The summed E-state index contributed by atoms with van der Waals surface area (Å²) in [4.78, 5) is 5.27. The molecule has 116 valence electrons. The lowest BCUT2D eigenvalue weighted by atomic mass is 9.83. The Labute approximate surface area is 130 Å². The van der Waals surface area contributed by atoms with Crippen LogP contribution in [0.2, 0.25) is 0 Å². The first-order valence-electron chi connectivity index (χ1n) is 8.83. The summed E-state index contributed by atoms with van der Waals surface area (Å²) in [7, 11) is 0. The molecular formula is C19H30N2. The van der Waals surface area contributed by atoms with Gasteiger partial charge in [0.2, 0.25) is 0 Å². The molecule has 1 aromatic rings. The van der Waals surface area contributed by atoms with Gasteiger partial charge >= 0.3 is 0 Å². The number of hydrogen-bond donors (Lipinski definition) is 0. The Morgan fingerprint density at radius 3 is 2.48 bits per heavy atom. The number of anilines is 1. The Morgan fingerprint density at radius 2 is 1.86 bits per heavy atom. The molecule has 2 aliphatic rings. The lowest BCUT2D eigenvalue weighted by Gasteiger charge is -2.38. The Balaban J connectivity index is 1.53. The van der Waals surface area contributed by atoms with E-state index in [1.807, 2.05) is 0 Å². The van der Waals surface area contributed by atoms with Gasteiger partial charge in [-0.15, -0.1) is 0 Å². The van der Waals surface area contributed by atoms with Gasteiger partial charge < -0.3 is 4.90 Å². The standard InChI is InChI=1S/C19H30N2/c1-3-18-8-5-9-19(16(18)2)21-14-12-20(13-15-21)11-10-17-6-4-7-17/h5,8-9,17H,3-4,6-7,10-15H2,1-2H3. The molecule has 1 heterocycles. The summed E-state index contributed by atoms with van der Waals surface area (Å²) in [5.41, 5.74) is 4.45. The minimum Gasteiger partial charge on any atom is -0.369 e. The van der Waals surface area contributed by atoms with Crippen LogP contribution in [0.25, 0.3) is 0 Å². The van der Waals surface area contributed by atoms with Crippen molar-refractivity contribution in [3.8, 4) is 0 Å². The zero-order chi connectivity index (χ0) is 14.7. The van der Waals surface area contributed by atoms with Gasteiger partial charge in [0.25, 0.3) is 0 Å². The molecule has 2 nitrogen and oxygen atoms in total. The summed E-state index contributed by atoms with van der Waals surface area (Å²) in [5, 5.41) is 0. The SMILES string of the molecule is CCc1cccc(N2CCN(CCC3CCC3)CC2)c1C. The predicted octanol–water partition coefficient (Wildman–Crippen LogP) is 3.87. The molecule has 0 amide bonds. The molecule has 2 heteroatoms. The number of aryl methyl sites for hydroxylation is 1. The number of nitrogens with zero attached hydrogens (tertiary/aromatic N) is 2. The minimum absolute atomic E-state index is 1.05. The summed E-state index contributed by atoms with van der Waals surface area (Å²) in [6.45, 7) is 10.7. The van der Waals surface area contributed by atoms with E-state index in [-0.39, 0.29) is 0 Å². The highest BCUT2D eigenvalue weighted by Crippen LogP contribution is 2.30. The molecule has 1 saturated carbocycles. The molecular weight excluding hydrogens is 256 g/mol. The smallest absolute Gasteiger partial charge is 0.0399 e. The maximum atomic E-state index is 2.67. The van der Waals surface area contributed by atoms with Crippen molar-refractivity contribution < 1.29 is 0 Å². The Kier molecular flexibility index (Phi) is 4.84. The van der Waals surface area contributed by atoms with Gasteiger partial charge in [0, 0.05) is 31.9 Å². The van der Waals surface area contributed by atoms with E-state index >= 15 is 0 Å². The first-order valence-corrected chi connectivity index (χ1v) is 8.83. The van der Waals surface area contributed by atoms with Crippen LogP contribution in [-0.4, -0.2) is 37.6 Å². The lowest BCUT2D eigenvalue weighted by molar-refractivity contribution is 0.205. The molecule has 1 aliphatic heterocycles. The van der Waals surface area contributed by atoms with E-state index in [9.17, 15) is 0 Å². The van der Waals surface area contributed by atoms with Gasteiger partial charge in [-0.25, -0.2) is 0 Å². The van der Waals surface area contributed by atoms with E-state index in [0.717, 1.165) is 12.3 Å². The van der Waals surface area contributed by atoms with Crippen molar-refractivity contribution >= 4 is 5.69 Å². The highest BCUT2D eigenvalue weighted by molar-refractivity contribution is 5.56. The van der Waals surface area contributed by atoms with Gasteiger partial charge in [-0.3, -0.25) is 4.90 Å². The maximum Gasteiger partial charge on any atom is 0.0399 e. The Hall–Kier alpha value is -1.02. The van der Waals surface area contributed by atoms with Crippen molar-refractivity contribution in [3.63, 3.8) is 0 Å². The van der Waals surface area contributed by atoms with Gasteiger partial charge in [0.1, 0.15) is 0 Å². The van der Waals surface area contributed by atoms with Crippen LogP contribution in [-0.2, 0) is 6.42 Å². The fourth-order valence-corrected chi connectivity index (χ4v) is 3.75. The van der Waals surface area contributed by atoms with Crippen molar-refractivity contribution in [1.29, 1.82) is 0 Å². The molecule has 0 N–H and O–H groups in total. The average molecular weight is 286 g/mol. The van der Waals surface area contributed by atoms with Crippen LogP contribution in [0.4, 0.5) is 5.69 Å². The molecule has 0 radical (unpaired) electrons. The second-order valence-electron chi connectivity index (χ2n) is 6.83. The predicted molar refractivity (Wildman–Crippen MR) is 91.2 cm³/mol. The number of piperazine rings is 1. The number of benzene rings is 1. The summed E-state index contributed by atoms with van der Waals surface area (Å²) in [6, 6.07) is 6.80. The van der Waals surface area contributed by atoms with Gasteiger partial charge in [-0.05, 0) is 49.4 Å². The van der Waals surface area contributed by atoms with Gasteiger partial charge in [-0.2, -0.15) is 0 Å². The summed E-state index contributed by atoms with van der Waals surface area (Å²) in [5.74, 6) is 1.05. The Morgan fingerprint density at radius 1 is 1.10 bits per heavy atom. The number of rotatable bonds is 5. The zero-order valence-electron chi connectivity index (χ0n) is 13.8. The molecule has 3 rings (SSSR count). The molecule has 21 heavy (non-hydrogen) atoms. The van der Waals surface area contributed by atoms with Crippen molar-refractivity contribution in [1.82, 2.24) is 4.90 Å². The van der Waals surface area contributed by atoms with Crippen molar-refractivity contribution in [2.24, 2.45) is 5.92 Å². The fourth-order valence-electron chi connectivity index (χ4n) is 3.75. The second kappa shape index (κ2) is 6.83. The van der Waals surface area contributed by atoms with E-state index in [1.165, 1.54) is 75.2 Å². The van der Waals surface area contributed by atoms with Crippen LogP contribution in [0.5, 0.6) is 0 Å². The highest BCUT2D eigenvalue weighted by atomic mass is 15.3. The quantitative estimate of drug-likeness (QED) is 0.811. The summed E-state index contributed by atoms with van der Waals surface area (Å²) < 4.78 is 0. The van der Waals surface area contributed by atoms with Crippen LogP contribution in [0.15, 0.2) is 18.2 Å². The Bertz CT molecular complexity index is 457. The van der Waals surface area contributed by atoms with Gasteiger partial charge in [0.15, 0.2) is 0 Å². The fraction of sp³-hybridized carbons (Fsp3) is 0.684. The second-order valence-corrected chi connectivity index (χ2v) is 6.83. The van der Waals surface area contributed by atoms with E-state index < -0.39 is 0 Å². The lowest BCUT2D eigenvalue weighted by Crippen LogP contribution is -2.47. The van der Waals surface area contributed by atoms with Crippen molar-refractivity contribution in [2.45, 2.75) is 46.0 Å². The molecule has 2 fully saturated rings. The summed E-state index contributed by atoms with van der Waals surface area (Å²) in [6.07, 6.45) is 7.03. The largest absolute Gasteiger partial charge is 0.369 e. The molecule has 0 unspecified atom stereocenters. The molecule has 0 bridgehead atoms. The maximum absolute atomic E-state index is 2.67. The molecule has 1 saturated heterocycles. The van der Waals surface area contributed by atoms with E-state index in [2.05, 4.69) is 41.8 Å². The minimum atomic E-state index is 1.05. The summed E-state index contributed by atoms with van der Waals surface area (Å²) >= 11 is 0. The molecule has 0 spiro atoms. The normalized spacial score (nSPS) is 20.6.